The number of carboxylic acids is 1. The largest absolute Gasteiger partial charge is 0.477 e. The Morgan fingerprint density at radius 3 is 2.74 bits per heavy atom. The van der Waals surface area contributed by atoms with Crippen LogP contribution in [0.2, 0.25) is 0 Å². The summed E-state index contributed by atoms with van der Waals surface area (Å²) in [6, 6.07) is 8.02. The number of H-pyrrole nitrogens is 1. The SMILES string of the molecule is N#CCC(O)C(O)c1ccc2[nH]c(C(=O)O)cc2c1. The molecule has 0 spiro atoms. The Bertz CT molecular complexity index is 656. The fourth-order valence-corrected chi connectivity index (χ4v) is 1.88. The van der Waals surface area contributed by atoms with Gasteiger partial charge in [0.2, 0.25) is 0 Å². The van der Waals surface area contributed by atoms with Crippen LogP contribution in [0.1, 0.15) is 28.6 Å². The molecule has 0 aliphatic heterocycles. The Labute approximate surface area is 108 Å². The molecule has 0 saturated carbocycles. The number of rotatable bonds is 4. The molecule has 4 N–H and O–H groups in total. The number of carbonyl (C=O) groups is 1. The van der Waals surface area contributed by atoms with Crippen LogP contribution in [-0.4, -0.2) is 32.4 Å². The molecule has 2 atom stereocenters. The van der Waals surface area contributed by atoms with Gasteiger partial charge in [-0.2, -0.15) is 5.26 Å². The summed E-state index contributed by atoms with van der Waals surface area (Å²) in [5.74, 6) is -1.07. The number of benzene rings is 1. The molecule has 1 aromatic carbocycles. The molecule has 0 aliphatic carbocycles. The van der Waals surface area contributed by atoms with Crippen LogP contribution >= 0.6 is 0 Å². The highest BCUT2D eigenvalue weighted by atomic mass is 16.4. The van der Waals surface area contributed by atoms with Crippen molar-refractivity contribution in [1.29, 1.82) is 5.26 Å². The Kier molecular flexibility index (Phi) is 3.51. The maximum absolute atomic E-state index is 10.8. The molecule has 6 heteroatoms. The van der Waals surface area contributed by atoms with Crippen LogP contribution in [0.3, 0.4) is 0 Å². The van der Waals surface area contributed by atoms with E-state index < -0.39 is 18.2 Å². The highest BCUT2D eigenvalue weighted by Gasteiger charge is 2.18. The van der Waals surface area contributed by atoms with Crippen LogP contribution in [0, 0.1) is 11.3 Å². The van der Waals surface area contributed by atoms with Crippen LogP contribution in [0.15, 0.2) is 24.3 Å². The summed E-state index contributed by atoms with van der Waals surface area (Å²) in [7, 11) is 0. The normalized spacial score (nSPS) is 13.9. The Morgan fingerprint density at radius 2 is 2.11 bits per heavy atom. The Hall–Kier alpha value is -2.36. The fourth-order valence-electron chi connectivity index (χ4n) is 1.88. The molecular weight excluding hydrogens is 248 g/mol. The Morgan fingerprint density at radius 1 is 1.37 bits per heavy atom. The molecular formula is C13H12N2O4. The lowest BCUT2D eigenvalue weighted by atomic mass is 10.0. The van der Waals surface area contributed by atoms with Crippen molar-refractivity contribution in [1.82, 2.24) is 4.98 Å². The summed E-state index contributed by atoms with van der Waals surface area (Å²) >= 11 is 0. The highest BCUT2D eigenvalue weighted by molar-refractivity contribution is 5.93. The van der Waals surface area contributed by atoms with Gasteiger partial charge in [-0.05, 0) is 23.8 Å². The molecule has 6 nitrogen and oxygen atoms in total. The van der Waals surface area contributed by atoms with Gasteiger partial charge in [0.25, 0.3) is 0 Å². The minimum absolute atomic E-state index is 0.0548. The first kappa shape index (κ1) is 13.1. The molecule has 2 aromatic rings. The first-order valence-electron chi connectivity index (χ1n) is 5.62. The van der Waals surface area contributed by atoms with Crippen molar-refractivity contribution < 1.29 is 20.1 Å². The number of nitrogens with zero attached hydrogens (tertiary/aromatic N) is 1. The third-order valence-corrected chi connectivity index (χ3v) is 2.88. The first-order valence-corrected chi connectivity index (χ1v) is 5.62. The summed E-state index contributed by atoms with van der Waals surface area (Å²) in [4.78, 5) is 13.5. The van der Waals surface area contributed by atoms with Crippen LogP contribution in [0.5, 0.6) is 0 Å². The van der Waals surface area contributed by atoms with E-state index in [1.54, 1.807) is 24.3 Å². The zero-order chi connectivity index (χ0) is 14.0. The molecule has 0 radical (unpaired) electrons. The van der Waals surface area contributed by atoms with Crippen molar-refractivity contribution in [3.63, 3.8) is 0 Å². The van der Waals surface area contributed by atoms with Crippen molar-refractivity contribution in [2.24, 2.45) is 0 Å². The number of fused-ring (bicyclic) bond motifs is 1. The van der Waals surface area contributed by atoms with E-state index >= 15 is 0 Å². The van der Waals surface area contributed by atoms with Gasteiger partial charge < -0.3 is 20.3 Å². The van der Waals surface area contributed by atoms with Crippen molar-refractivity contribution in [3.8, 4) is 6.07 Å². The van der Waals surface area contributed by atoms with Crippen molar-refractivity contribution in [3.05, 3.63) is 35.5 Å². The molecule has 0 fully saturated rings. The van der Waals surface area contributed by atoms with Gasteiger partial charge in [-0.15, -0.1) is 0 Å². The molecule has 98 valence electrons. The van der Waals surface area contributed by atoms with Gasteiger partial charge in [0.1, 0.15) is 11.8 Å². The maximum Gasteiger partial charge on any atom is 0.352 e. The van der Waals surface area contributed by atoms with Gasteiger partial charge in [0.05, 0.1) is 18.6 Å². The van der Waals surface area contributed by atoms with E-state index in [2.05, 4.69) is 4.98 Å². The number of aromatic nitrogens is 1. The van der Waals surface area contributed by atoms with E-state index in [1.807, 2.05) is 0 Å². The van der Waals surface area contributed by atoms with Crippen LogP contribution in [0.25, 0.3) is 10.9 Å². The first-order chi connectivity index (χ1) is 9.02. The van der Waals surface area contributed by atoms with Gasteiger partial charge in [-0.1, -0.05) is 6.07 Å². The fraction of sp³-hybridized carbons (Fsp3) is 0.231. The molecule has 0 aliphatic rings. The highest BCUT2D eigenvalue weighted by Crippen LogP contribution is 2.24. The number of hydrogen-bond acceptors (Lipinski definition) is 4. The van der Waals surface area contributed by atoms with E-state index in [9.17, 15) is 15.0 Å². The number of aromatic carboxylic acids is 1. The zero-order valence-electron chi connectivity index (χ0n) is 9.87. The van der Waals surface area contributed by atoms with Gasteiger partial charge in [0.15, 0.2) is 0 Å². The minimum Gasteiger partial charge on any atom is -0.477 e. The second kappa shape index (κ2) is 5.10. The predicted octanol–water partition coefficient (Wildman–Crippen LogP) is 1.17. The topological polar surface area (TPSA) is 117 Å². The van der Waals surface area contributed by atoms with Gasteiger partial charge in [-0.3, -0.25) is 0 Å². The summed E-state index contributed by atoms with van der Waals surface area (Å²) in [5, 5.41) is 37.4. The van der Waals surface area contributed by atoms with E-state index in [4.69, 9.17) is 10.4 Å². The van der Waals surface area contributed by atoms with E-state index in [0.29, 0.717) is 16.5 Å². The van der Waals surface area contributed by atoms with Gasteiger partial charge >= 0.3 is 5.97 Å². The van der Waals surface area contributed by atoms with E-state index in [1.165, 1.54) is 6.07 Å². The monoisotopic (exact) mass is 260 g/mol. The van der Waals surface area contributed by atoms with Crippen LogP contribution < -0.4 is 0 Å². The van der Waals surface area contributed by atoms with Gasteiger partial charge in [0, 0.05) is 10.9 Å². The lowest BCUT2D eigenvalue weighted by molar-refractivity contribution is 0.0217. The molecule has 0 bridgehead atoms. The smallest absolute Gasteiger partial charge is 0.352 e. The third kappa shape index (κ3) is 2.57. The summed E-state index contributed by atoms with van der Waals surface area (Å²) in [5.41, 5.74) is 1.12. The molecule has 1 aromatic heterocycles. The molecule has 2 rings (SSSR count). The van der Waals surface area contributed by atoms with Crippen molar-refractivity contribution in [2.75, 3.05) is 0 Å². The second-order valence-corrected chi connectivity index (χ2v) is 4.21. The number of nitrogens with one attached hydrogen (secondary N) is 1. The summed E-state index contributed by atoms with van der Waals surface area (Å²) < 4.78 is 0. The van der Waals surface area contributed by atoms with Crippen LogP contribution in [-0.2, 0) is 0 Å². The van der Waals surface area contributed by atoms with E-state index in [-0.39, 0.29) is 12.1 Å². The van der Waals surface area contributed by atoms with Gasteiger partial charge in [-0.25, -0.2) is 4.79 Å². The maximum atomic E-state index is 10.8. The molecule has 1 heterocycles. The molecule has 19 heavy (non-hydrogen) atoms. The average molecular weight is 260 g/mol. The predicted molar refractivity (Wildman–Crippen MR) is 66.5 cm³/mol. The lowest BCUT2D eigenvalue weighted by Gasteiger charge is -2.15. The standard InChI is InChI=1S/C13H12N2O4/c14-4-3-11(16)12(17)7-1-2-9-8(5-7)6-10(15-9)13(18)19/h1-2,5-6,11-12,15-17H,3H2,(H,18,19). The van der Waals surface area contributed by atoms with E-state index in [0.717, 1.165) is 0 Å². The number of hydrogen-bond donors (Lipinski definition) is 4. The van der Waals surface area contributed by atoms with Crippen molar-refractivity contribution in [2.45, 2.75) is 18.6 Å². The average Bonchev–Trinajstić information content (AvgIpc) is 2.81. The zero-order valence-corrected chi connectivity index (χ0v) is 9.87. The minimum atomic E-state index is -1.17. The number of aliphatic hydroxyl groups excluding tert-OH is 2. The quantitative estimate of drug-likeness (QED) is 0.658. The number of aromatic amines is 1. The molecule has 2 unspecified atom stereocenters. The third-order valence-electron chi connectivity index (χ3n) is 2.88. The number of nitriles is 1. The van der Waals surface area contributed by atoms with Crippen LogP contribution in [0.4, 0.5) is 0 Å². The number of aliphatic hydroxyl groups is 2. The summed E-state index contributed by atoms with van der Waals surface area (Å²) in [6.07, 6.45) is -2.51. The number of carboxylic acid groups (broad SMARTS) is 1. The molecule has 0 saturated heterocycles. The Balaban J connectivity index is 2.36. The van der Waals surface area contributed by atoms with Crippen molar-refractivity contribution >= 4 is 16.9 Å². The lowest BCUT2D eigenvalue weighted by Crippen LogP contribution is -2.17. The summed E-state index contributed by atoms with van der Waals surface area (Å²) in [6.45, 7) is 0. The second-order valence-electron chi connectivity index (χ2n) is 4.21. The molecule has 0 amide bonds.